The van der Waals surface area contributed by atoms with Gasteiger partial charge in [-0.25, -0.2) is 8.42 Å². The summed E-state index contributed by atoms with van der Waals surface area (Å²) in [5.41, 5.74) is 4.76. The van der Waals surface area contributed by atoms with Crippen molar-refractivity contribution in [2.45, 2.75) is 37.5 Å². The summed E-state index contributed by atoms with van der Waals surface area (Å²) >= 11 is 0. The van der Waals surface area contributed by atoms with Crippen molar-refractivity contribution < 1.29 is 22.4 Å². The number of furan rings is 1. The van der Waals surface area contributed by atoms with Crippen LogP contribution >= 0.6 is 0 Å². The number of fused-ring (bicyclic) bond motifs is 2. The lowest BCUT2D eigenvalue weighted by atomic mass is 9.96. The minimum absolute atomic E-state index is 0.0423. The van der Waals surface area contributed by atoms with Gasteiger partial charge in [-0.05, 0) is 68.2 Å². The summed E-state index contributed by atoms with van der Waals surface area (Å²) in [5, 5.41) is 0. The zero-order chi connectivity index (χ0) is 25.3. The van der Waals surface area contributed by atoms with E-state index in [1.165, 1.54) is 4.31 Å². The third kappa shape index (κ3) is 4.56. The van der Waals surface area contributed by atoms with Gasteiger partial charge in [-0.15, -0.1) is 0 Å². The van der Waals surface area contributed by atoms with Crippen LogP contribution in [0.3, 0.4) is 0 Å². The van der Waals surface area contributed by atoms with E-state index in [0.29, 0.717) is 29.9 Å². The van der Waals surface area contributed by atoms with E-state index in [9.17, 15) is 13.2 Å². The van der Waals surface area contributed by atoms with E-state index in [1.54, 1.807) is 37.6 Å². The lowest BCUT2D eigenvalue weighted by Crippen LogP contribution is -2.35. The Hall–Kier alpha value is -3.42. The Morgan fingerprint density at radius 1 is 0.944 bits per heavy atom. The number of rotatable bonds is 5. The lowest BCUT2D eigenvalue weighted by Gasteiger charge is -2.23. The predicted octanol–water partition coefficient (Wildman–Crippen LogP) is 5.79. The van der Waals surface area contributed by atoms with Crippen LogP contribution in [0.2, 0.25) is 0 Å². The van der Waals surface area contributed by atoms with Gasteiger partial charge in [-0.2, -0.15) is 4.31 Å². The molecule has 36 heavy (non-hydrogen) atoms. The Morgan fingerprint density at radius 3 is 2.42 bits per heavy atom. The molecular weight excluding hydrogens is 474 g/mol. The molecule has 3 aromatic rings. The molecule has 1 aliphatic heterocycles. The molecule has 186 valence electrons. The quantitative estimate of drug-likeness (QED) is 0.440. The van der Waals surface area contributed by atoms with E-state index in [0.717, 1.165) is 47.3 Å². The molecule has 1 fully saturated rings. The van der Waals surface area contributed by atoms with Crippen molar-refractivity contribution in [1.82, 2.24) is 4.31 Å². The fourth-order valence-electron chi connectivity index (χ4n) is 4.83. The highest BCUT2D eigenvalue weighted by Crippen LogP contribution is 2.40. The largest absolute Gasteiger partial charge is 0.497 e. The number of carbonyl (C=O) groups is 1. The van der Waals surface area contributed by atoms with Crippen molar-refractivity contribution in [2.75, 3.05) is 20.2 Å². The molecule has 0 N–H and O–H groups in total. The third-order valence-electron chi connectivity index (χ3n) is 6.86. The lowest BCUT2D eigenvalue weighted by molar-refractivity contribution is -0.112. The number of Topliss-reactive ketones (excluding diaryl/α,β-unsaturated/α-hetero) is 1. The Morgan fingerprint density at radius 2 is 1.69 bits per heavy atom. The van der Waals surface area contributed by atoms with E-state index < -0.39 is 10.0 Å². The molecule has 1 aliphatic carbocycles. The standard InChI is InChI=1S/C29H29NO5S/c1-20-7-13-24(14-8-20)36(32,33)30-16-5-3-4-6-26-27(18-22(19-30)28(26)31)29-25(15-17-35-29)21-9-11-23(34-2)12-10-21/h7-15,17-18H,3-6,16,19H2,1-2H3. The molecule has 0 unspecified atom stereocenters. The van der Waals surface area contributed by atoms with Gasteiger partial charge in [-0.3, -0.25) is 4.79 Å². The summed E-state index contributed by atoms with van der Waals surface area (Å²) in [7, 11) is -2.11. The molecule has 0 saturated carbocycles. The topological polar surface area (TPSA) is 76.8 Å². The average Bonchev–Trinajstić information content (AvgIpc) is 3.47. The highest BCUT2D eigenvalue weighted by atomic mass is 32.2. The van der Waals surface area contributed by atoms with Crippen LogP contribution in [-0.2, 0) is 14.8 Å². The van der Waals surface area contributed by atoms with E-state index in [1.807, 2.05) is 43.3 Å². The van der Waals surface area contributed by atoms with Crippen LogP contribution < -0.4 is 4.74 Å². The first-order valence-electron chi connectivity index (χ1n) is 12.2. The number of ketones is 1. The van der Waals surface area contributed by atoms with Crippen LogP contribution in [-0.4, -0.2) is 38.7 Å². The highest BCUT2D eigenvalue weighted by molar-refractivity contribution is 7.89. The molecule has 2 bridgehead atoms. The first-order chi connectivity index (χ1) is 17.4. The molecule has 6 nitrogen and oxygen atoms in total. The Balaban J connectivity index is 1.52. The Kier molecular flexibility index (Phi) is 6.69. The molecule has 7 heteroatoms. The van der Waals surface area contributed by atoms with E-state index in [4.69, 9.17) is 9.15 Å². The summed E-state index contributed by atoms with van der Waals surface area (Å²) < 4.78 is 39.6. The number of benzene rings is 2. The van der Waals surface area contributed by atoms with Crippen LogP contribution in [0.15, 0.2) is 87.4 Å². The molecule has 1 saturated heterocycles. The van der Waals surface area contributed by atoms with Crippen LogP contribution in [0.5, 0.6) is 5.75 Å². The summed E-state index contributed by atoms with van der Waals surface area (Å²) in [6, 6.07) is 16.4. The minimum Gasteiger partial charge on any atom is -0.497 e. The maximum atomic E-state index is 13.5. The van der Waals surface area contributed by atoms with Crippen molar-refractivity contribution in [2.24, 2.45) is 0 Å². The number of carbonyl (C=O) groups excluding carboxylic acids is 1. The molecule has 0 atom stereocenters. The number of ether oxygens (including phenoxy) is 1. The molecule has 2 heterocycles. The second-order valence-electron chi connectivity index (χ2n) is 9.25. The Bertz CT molecular complexity index is 1440. The number of allylic oxidation sites excluding steroid dienone is 3. The zero-order valence-corrected chi connectivity index (χ0v) is 21.3. The highest BCUT2D eigenvalue weighted by Gasteiger charge is 2.33. The molecule has 0 radical (unpaired) electrons. The summed E-state index contributed by atoms with van der Waals surface area (Å²) in [4.78, 5) is 13.8. The van der Waals surface area contributed by atoms with Gasteiger partial charge in [0.2, 0.25) is 10.0 Å². The van der Waals surface area contributed by atoms with Crippen molar-refractivity contribution in [3.8, 4) is 16.9 Å². The van der Waals surface area contributed by atoms with Crippen molar-refractivity contribution in [1.29, 1.82) is 0 Å². The van der Waals surface area contributed by atoms with Crippen LogP contribution in [0.1, 0.15) is 37.0 Å². The third-order valence-corrected chi connectivity index (χ3v) is 8.72. The number of methoxy groups -OCH3 is 1. The second kappa shape index (κ2) is 9.91. The monoisotopic (exact) mass is 503 g/mol. The average molecular weight is 504 g/mol. The van der Waals surface area contributed by atoms with Crippen LogP contribution in [0.4, 0.5) is 0 Å². The summed E-state index contributed by atoms with van der Waals surface area (Å²) in [6.07, 6.45) is 6.48. The van der Waals surface area contributed by atoms with E-state index in [-0.39, 0.29) is 17.2 Å². The summed E-state index contributed by atoms with van der Waals surface area (Å²) in [5.74, 6) is 1.30. The maximum Gasteiger partial charge on any atom is 0.243 e. The molecule has 1 aromatic heterocycles. The normalized spacial score (nSPS) is 17.3. The fraction of sp³-hybridized carbons (Fsp3) is 0.276. The minimum atomic E-state index is -3.74. The smallest absolute Gasteiger partial charge is 0.243 e. The second-order valence-corrected chi connectivity index (χ2v) is 11.2. The van der Waals surface area contributed by atoms with Gasteiger partial charge in [-0.1, -0.05) is 36.2 Å². The number of hydrogen-bond acceptors (Lipinski definition) is 5. The number of nitrogens with zero attached hydrogens (tertiary/aromatic N) is 1. The summed E-state index contributed by atoms with van der Waals surface area (Å²) in [6.45, 7) is 2.34. The number of hydrogen-bond donors (Lipinski definition) is 0. The SMILES string of the molecule is COc1ccc(-c2ccoc2C2=C3CCCCCN(S(=O)(=O)c4ccc(C)cc4)CC(=C2)C3=O)cc1. The van der Waals surface area contributed by atoms with E-state index in [2.05, 4.69) is 0 Å². The molecule has 2 aliphatic rings. The maximum absolute atomic E-state index is 13.5. The van der Waals surface area contributed by atoms with Crippen molar-refractivity contribution in [3.63, 3.8) is 0 Å². The van der Waals surface area contributed by atoms with Crippen molar-refractivity contribution >= 4 is 21.4 Å². The van der Waals surface area contributed by atoms with Gasteiger partial charge in [0.1, 0.15) is 11.5 Å². The van der Waals surface area contributed by atoms with Gasteiger partial charge in [0.15, 0.2) is 5.78 Å². The van der Waals surface area contributed by atoms with E-state index >= 15 is 0 Å². The molecule has 2 aromatic carbocycles. The van der Waals surface area contributed by atoms with Crippen molar-refractivity contribution in [3.05, 3.63) is 89.4 Å². The molecule has 5 rings (SSSR count). The first-order valence-corrected chi connectivity index (χ1v) is 13.6. The van der Waals surface area contributed by atoms with Gasteiger partial charge >= 0.3 is 0 Å². The molecular formula is C29H29NO5S. The van der Waals surface area contributed by atoms with Gasteiger partial charge in [0, 0.05) is 35.4 Å². The Labute approximate surface area is 211 Å². The fourth-order valence-corrected chi connectivity index (χ4v) is 6.28. The zero-order valence-electron chi connectivity index (χ0n) is 20.5. The van der Waals surface area contributed by atoms with Gasteiger partial charge < -0.3 is 9.15 Å². The molecule has 0 spiro atoms. The number of sulfonamides is 1. The van der Waals surface area contributed by atoms with Crippen LogP contribution in [0.25, 0.3) is 16.7 Å². The van der Waals surface area contributed by atoms with Gasteiger partial charge in [0.25, 0.3) is 0 Å². The molecule has 0 amide bonds. The van der Waals surface area contributed by atoms with Crippen LogP contribution in [0, 0.1) is 6.92 Å². The van der Waals surface area contributed by atoms with Gasteiger partial charge in [0.05, 0.1) is 18.3 Å². The number of aryl methyl sites for hydroxylation is 1. The first kappa shape index (κ1) is 24.3. The predicted molar refractivity (Wildman–Crippen MR) is 139 cm³/mol.